The van der Waals surface area contributed by atoms with E-state index in [2.05, 4.69) is 15.4 Å². The van der Waals surface area contributed by atoms with Crippen LogP contribution in [0.15, 0.2) is 36.8 Å². The number of amides is 1. The van der Waals surface area contributed by atoms with E-state index in [0.717, 1.165) is 30.0 Å². The van der Waals surface area contributed by atoms with Crippen molar-refractivity contribution in [1.29, 1.82) is 0 Å². The molecule has 3 aromatic rings. The summed E-state index contributed by atoms with van der Waals surface area (Å²) >= 11 is 0. The molecule has 1 amide bonds. The highest BCUT2D eigenvalue weighted by Crippen LogP contribution is 2.78. The summed E-state index contributed by atoms with van der Waals surface area (Å²) in [7, 11) is 0. The van der Waals surface area contributed by atoms with Crippen molar-refractivity contribution < 1.29 is 14.7 Å². The Morgan fingerprint density at radius 3 is 2.91 bits per heavy atom. The number of pyridine rings is 1. The van der Waals surface area contributed by atoms with Crippen molar-refractivity contribution in [3.8, 4) is 0 Å². The van der Waals surface area contributed by atoms with Crippen molar-refractivity contribution in [2.24, 2.45) is 28.6 Å². The van der Waals surface area contributed by atoms with Gasteiger partial charge in [-0.3, -0.25) is 13.9 Å². The average Bonchev–Trinajstić information content (AvgIpc) is 3.50. The number of rotatable bonds is 6. The van der Waals surface area contributed by atoms with Gasteiger partial charge in [-0.05, 0) is 79.2 Å². The lowest BCUT2D eigenvalue weighted by Gasteiger charge is -2.49. The minimum absolute atomic E-state index is 0.0580. The van der Waals surface area contributed by atoms with E-state index in [-0.39, 0.29) is 11.5 Å². The molecule has 3 heterocycles. The molecule has 8 nitrogen and oxygen atoms in total. The Balaban J connectivity index is 1.10. The normalized spacial score (nSPS) is 33.3. The first-order chi connectivity index (χ1) is 15.9. The number of carbonyl (C=O) groups excluding carboxylic acids is 1. The van der Waals surface area contributed by atoms with Crippen LogP contribution in [0.5, 0.6) is 0 Å². The first-order valence-electron chi connectivity index (χ1n) is 11.9. The Kier molecular flexibility index (Phi) is 3.78. The molecule has 8 heteroatoms. The van der Waals surface area contributed by atoms with E-state index < -0.39 is 5.97 Å². The number of aromatic carboxylic acids is 1. The molecule has 7 rings (SSSR count). The molecule has 3 aromatic heterocycles. The molecular formula is C25H27N5O3. The standard InChI is InChI=1S/C25H27N5O3/c31-22(26-14-24-6-15-4-17-5-18(8-24)25(17,7-15)13-24)20-2-1-3-21-28-19(12-30(20)21)11-29-10-16(9-27-29)23(32)33/h1-3,9-10,12,15,17-18H,4-8,11,13-14H2,(H,26,31)(H,32,33). The van der Waals surface area contributed by atoms with Crippen LogP contribution in [-0.4, -0.2) is 42.7 Å². The summed E-state index contributed by atoms with van der Waals surface area (Å²) < 4.78 is 3.37. The molecule has 0 radical (unpaired) electrons. The van der Waals surface area contributed by atoms with E-state index >= 15 is 0 Å². The van der Waals surface area contributed by atoms with E-state index in [0.29, 0.717) is 28.7 Å². The second-order valence-electron chi connectivity index (χ2n) is 11.0. The summed E-state index contributed by atoms with van der Waals surface area (Å²) in [5.41, 5.74) is 3.04. The summed E-state index contributed by atoms with van der Waals surface area (Å²) in [6, 6.07) is 5.56. The van der Waals surface area contributed by atoms with Gasteiger partial charge in [0, 0.05) is 18.9 Å². The molecule has 4 saturated carbocycles. The van der Waals surface area contributed by atoms with E-state index in [1.165, 1.54) is 50.9 Å². The predicted molar refractivity (Wildman–Crippen MR) is 119 cm³/mol. The summed E-state index contributed by atoms with van der Waals surface area (Å²) in [6.45, 7) is 1.11. The van der Waals surface area contributed by atoms with Gasteiger partial charge in [0.05, 0.1) is 24.0 Å². The van der Waals surface area contributed by atoms with Crippen molar-refractivity contribution in [2.75, 3.05) is 6.54 Å². The number of fused-ring (bicyclic) bond motifs is 3. The lowest BCUT2D eigenvalue weighted by atomic mass is 9.55. The van der Waals surface area contributed by atoms with Gasteiger partial charge in [-0.15, -0.1) is 0 Å². The van der Waals surface area contributed by atoms with Gasteiger partial charge in [-0.1, -0.05) is 6.07 Å². The van der Waals surface area contributed by atoms with Crippen molar-refractivity contribution in [2.45, 2.75) is 45.1 Å². The molecule has 4 fully saturated rings. The molecule has 0 aromatic carbocycles. The van der Waals surface area contributed by atoms with Crippen LogP contribution < -0.4 is 5.32 Å². The zero-order valence-corrected chi connectivity index (χ0v) is 18.4. The Hall–Kier alpha value is -3.16. The number of nitrogens with one attached hydrogen (secondary N) is 1. The monoisotopic (exact) mass is 445 g/mol. The molecule has 2 N–H and O–H groups in total. The molecule has 33 heavy (non-hydrogen) atoms. The fourth-order valence-electron chi connectivity index (χ4n) is 8.15. The van der Waals surface area contributed by atoms with Crippen LogP contribution >= 0.6 is 0 Å². The van der Waals surface area contributed by atoms with E-state index in [9.17, 15) is 9.59 Å². The molecule has 1 spiro atoms. The number of imidazole rings is 1. The van der Waals surface area contributed by atoms with Gasteiger partial charge in [0.1, 0.15) is 11.3 Å². The smallest absolute Gasteiger partial charge is 0.338 e. The molecule has 4 aliphatic carbocycles. The Morgan fingerprint density at radius 1 is 1.15 bits per heavy atom. The third-order valence-corrected chi connectivity index (χ3v) is 9.19. The summed E-state index contributed by atoms with van der Waals surface area (Å²) in [5, 5.41) is 16.5. The predicted octanol–water partition coefficient (Wildman–Crippen LogP) is 3.22. The molecule has 0 saturated heterocycles. The second-order valence-corrected chi connectivity index (χ2v) is 11.0. The van der Waals surface area contributed by atoms with Crippen LogP contribution in [0.25, 0.3) is 5.65 Å². The number of carbonyl (C=O) groups is 2. The fraction of sp³-hybridized carbons (Fsp3) is 0.520. The van der Waals surface area contributed by atoms with Gasteiger partial charge < -0.3 is 10.4 Å². The molecule has 4 aliphatic rings. The highest BCUT2D eigenvalue weighted by molar-refractivity contribution is 5.93. The number of carboxylic acids is 1. The lowest BCUT2D eigenvalue weighted by molar-refractivity contribution is -0.00254. The maximum atomic E-state index is 13.2. The Bertz CT molecular complexity index is 1310. The van der Waals surface area contributed by atoms with E-state index in [1.807, 2.05) is 28.8 Å². The highest BCUT2D eigenvalue weighted by atomic mass is 16.4. The average molecular weight is 446 g/mol. The minimum Gasteiger partial charge on any atom is -0.478 e. The van der Waals surface area contributed by atoms with Gasteiger partial charge in [-0.25, -0.2) is 9.78 Å². The Labute approximate surface area is 191 Å². The zero-order valence-electron chi connectivity index (χ0n) is 18.4. The first-order valence-corrected chi connectivity index (χ1v) is 11.9. The van der Waals surface area contributed by atoms with Crippen LogP contribution in [0, 0.1) is 28.6 Å². The van der Waals surface area contributed by atoms with Gasteiger partial charge in [0.15, 0.2) is 0 Å². The molecule has 170 valence electrons. The zero-order chi connectivity index (χ0) is 22.4. The molecule has 5 unspecified atom stereocenters. The largest absolute Gasteiger partial charge is 0.478 e. The summed E-state index contributed by atoms with van der Waals surface area (Å²) in [5.74, 6) is 1.67. The minimum atomic E-state index is -1.01. The second kappa shape index (κ2) is 6.46. The number of hydrogen-bond donors (Lipinski definition) is 2. The fourth-order valence-corrected chi connectivity index (χ4v) is 8.15. The lowest BCUT2D eigenvalue weighted by Crippen LogP contribution is -2.43. The highest BCUT2D eigenvalue weighted by Gasteiger charge is 2.70. The van der Waals surface area contributed by atoms with Gasteiger partial charge in [-0.2, -0.15) is 5.10 Å². The maximum Gasteiger partial charge on any atom is 0.338 e. The van der Waals surface area contributed by atoms with Crippen LogP contribution in [0.3, 0.4) is 0 Å². The molecule has 3 bridgehead atoms. The first kappa shape index (κ1) is 19.3. The number of nitrogens with zero attached hydrogens (tertiary/aromatic N) is 4. The van der Waals surface area contributed by atoms with Gasteiger partial charge >= 0.3 is 5.97 Å². The number of hydrogen-bond acceptors (Lipinski definition) is 4. The summed E-state index contributed by atoms with van der Waals surface area (Å²) in [4.78, 5) is 28.9. The third-order valence-electron chi connectivity index (χ3n) is 9.19. The summed E-state index contributed by atoms with van der Waals surface area (Å²) in [6.07, 6.45) is 12.8. The van der Waals surface area contributed by atoms with Crippen molar-refractivity contribution in [1.82, 2.24) is 24.5 Å². The quantitative estimate of drug-likeness (QED) is 0.607. The van der Waals surface area contributed by atoms with E-state index in [4.69, 9.17) is 5.11 Å². The maximum absolute atomic E-state index is 13.2. The van der Waals surface area contributed by atoms with Crippen molar-refractivity contribution in [3.05, 3.63) is 53.7 Å². The number of aromatic nitrogens is 4. The molecule has 0 aliphatic heterocycles. The van der Waals surface area contributed by atoms with Crippen LogP contribution in [0.2, 0.25) is 0 Å². The van der Waals surface area contributed by atoms with Crippen molar-refractivity contribution in [3.63, 3.8) is 0 Å². The van der Waals surface area contributed by atoms with Gasteiger partial charge in [0.25, 0.3) is 5.91 Å². The van der Waals surface area contributed by atoms with Crippen LogP contribution in [-0.2, 0) is 6.54 Å². The topological polar surface area (TPSA) is 102 Å². The van der Waals surface area contributed by atoms with Crippen LogP contribution in [0.1, 0.15) is 65.1 Å². The number of carboxylic acid groups (broad SMARTS) is 1. The van der Waals surface area contributed by atoms with E-state index in [1.54, 1.807) is 4.68 Å². The third kappa shape index (κ3) is 2.75. The SMILES string of the molecule is O=C(O)c1cnn(Cc2cn3c(C(=O)NCC45CC6CC7CC(C4)C7(C6)C5)cccc3n2)c1. The van der Waals surface area contributed by atoms with Crippen LogP contribution in [0.4, 0.5) is 0 Å². The van der Waals surface area contributed by atoms with Crippen molar-refractivity contribution >= 4 is 17.5 Å². The van der Waals surface area contributed by atoms with Gasteiger partial charge in [0.2, 0.25) is 0 Å². The molecule has 5 atom stereocenters. The molecular weight excluding hydrogens is 418 g/mol. The Morgan fingerprint density at radius 2 is 2.06 bits per heavy atom.